The lowest BCUT2D eigenvalue weighted by Crippen LogP contribution is -2.16. The first-order chi connectivity index (χ1) is 10.2. The fourth-order valence-electron chi connectivity index (χ4n) is 2.65. The van der Waals surface area contributed by atoms with Crippen molar-refractivity contribution in [2.75, 3.05) is 0 Å². The highest BCUT2D eigenvalue weighted by Gasteiger charge is 2.20. The summed E-state index contributed by atoms with van der Waals surface area (Å²) in [5.41, 5.74) is 5.06. The summed E-state index contributed by atoms with van der Waals surface area (Å²) in [6.07, 6.45) is 2.62. The number of hydrogen-bond acceptors (Lipinski definition) is 2. The van der Waals surface area contributed by atoms with Gasteiger partial charge in [-0.1, -0.05) is 47.5 Å². The van der Waals surface area contributed by atoms with Gasteiger partial charge in [-0.05, 0) is 38.3 Å². The minimum atomic E-state index is 0.628. The van der Waals surface area contributed by atoms with Crippen LogP contribution in [0.15, 0.2) is 42.5 Å². The summed E-state index contributed by atoms with van der Waals surface area (Å²) in [7, 11) is 0. The predicted octanol–water partition coefficient (Wildman–Crippen LogP) is 4.13. The Hall–Kier alpha value is -1.80. The molecule has 0 unspecified atom stereocenters. The molecule has 2 aromatic rings. The highest BCUT2D eigenvalue weighted by atomic mass is 16.5. The van der Waals surface area contributed by atoms with Crippen LogP contribution in [0.25, 0.3) is 0 Å². The van der Waals surface area contributed by atoms with E-state index in [4.69, 9.17) is 4.74 Å². The maximum Gasteiger partial charge on any atom is 0.124 e. The molecule has 2 heteroatoms. The van der Waals surface area contributed by atoms with Crippen molar-refractivity contribution < 1.29 is 4.74 Å². The average molecular weight is 281 g/mol. The van der Waals surface area contributed by atoms with Crippen LogP contribution in [0.5, 0.6) is 5.75 Å². The maximum absolute atomic E-state index is 6.05. The molecule has 0 bridgehead atoms. The molecule has 1 aliphatic carbocycles. The second-order valence-corrected chi connectivity index (χ2v) is 6.05. The first-order valence-electron chi connectivity index (χ1n) is 7.72. The Bertz CT molecular complexity index is 596. The number of aryl methyl sites for hydroxylation is 2. The van der Waals surface area contributed by atoms with Crippen molar-refractivity contribution in [1.82, 2.24) is 5.32 Å². The Balaban J connectivity index is 1.66. The van der Waals surface area contributed by atoms with E-state index in [2.05, 4.69) is 55.6 Å². The van der Waals surface area contributed by atoms with Gasteiger partial charge in [0.15, 0.2) is 0 Å². The van der Waals surface area contributed by atoms with Crippen molar-refractivity contribution in [3.05, 3.63) is 64.7 Å². The molecule has 0 atom stereocenters. The molecule has 1 N–H and O–H groups in total. The fraction of sp³-hybridized carbons (Fsp3) is 0.368. The lowest BCUT2D eigenvalue weighted by Gasteiger charge is -2.13. The molecule has 2 nitrogen and oxygen atoms in total. The largest absolute Gasteiger partial charge is 0.489 e. The van der Waals surface area contributed by atoms with Crippen molar-refractivity contribution in [3.8, 4) is 5.75 Å². The Labute approximate surface area is 127 Å². The third-order valence-electron chi connectivity index (χ3n) is 3.81. The van der Waals surface area contributed by atoms with Gasteiger partial charge in [0.1, 0.15) is 12.4 Å². The van der Waals surface area contributed by atoms with Gasteiger partial charge >= 0.3 is 0 Å². The summed E-state index contributed by atoms with van der Waals surface area (Å²) in [4.78, 5) is 0. The molecular formula is C19H23NO. The van der Waals surface area contributed by atoms with Crippen LogP contribution in [-0.2, 0) is 13.2 Å². The number of hydrogen-bond donors (Lipinski definition) is 1. The zero-order valence-electron chi connectivity index (χ0n) is 12.9. The summed E-state index contributed by atoms with van der Waals surface area (Å²) in [5, 5.41) is 3.55. The lowest BCUT2D eigenvalue weighted by molar-refractivity contribution is 0.302. The molecule has 0 aromatic heterocycles. The number of ether oxygens (including phenoxy) is 1. The first-order valence-corrected chi connectivity index (χ1v) is 7.72. The third kappa shape index (κ3) is 4.08. The molecule has 1 fully saturated rings. The monoisotopic (exact) mass is 281 g/mol. The van der Waals surface area contributed by atoms with Gasteiger partial charge in [-0.15, -0.1) is 0 Å². The van der Waals surface area contributed by atoms with Gasteiger partial charge in [-0.25, -0.2) is 0 Å². The van der Waals surface area contributed by atoms with Gasteiger partial charge in [0.25, 0.3) is 0 Å². The topological polar surface area (TPSA) is 21.3 Å². The van der Waals surface area contributed by atoms with Crippen molar-refractivity contribution in [1.29, 1.82) is 0 Å². The van der Waals surface area contributed by atoms with Crippen LogP contribution in [-0.4, -0.2) is 6.04 Å². The maximum atomic E-state index is 6.05. The summed E-state index contributed by atoms with van der Waals surface area (Å²) in [5.74, 6) is 0.991. The van der Waals surface area contributed by atoms with E-state index in [-0.39, 0.29) is 0 Å². The minimum absolute atomic E-state index is 0.628. The van der Waals surface area contributed by atoms with Crippen LogP contribution in [0.3, 0.4) is 0 Å². The molecule has 3 rings (SSSR count). The van der Waals surface area contributed by atoms with E-state index in [0.717, 1.165) is 18.3 Å². The van der Waals surface area contributed by atoms with E-state index in [1.165, 1.54) is 35.1 Å². The number of rotatable bonds is 6. The van der Waals surface area contributed by atoms with Crippen LogP contribution in [0.1, 0.15) is 35.1 Å². The zero-order chi connectivity index (χ0) is 14.7. The summed E-state index contributed by atoms with van der Waals surface area (Å²) in [6.45, 7) is 5.78. The Morgan fingerprint density at radius 2 is 1.76 bits per heavy atom. The predicted molar refractivity (Wildman–Crippen MR) is 86.6 cm³/mol. The van der Waals surface area contributed by atoms with Crippen molar-refractivity contribution in [2.45, 2.75) is 45.9 Å². The van der Waals surface area contributed by atoms with Crippen LogP contribution in [0.2, 0.25) is 0 Å². The van der Waals surface area contributed by atoms with Crippen molar-refractivity contribution in [2.24, 2.45) is 0 Å². The van der Waals surface area contributed by atoms with Crippen molar-refractivity contribution >= 4 is 0 Å². The quantitative estimate of drug-likeness (QED) is 0.859. The Kier molecular flexibility index (Phi) is 4.26. The van der Waals surface area contributed by atoms with Gasteiger partial charge in [0.2, 0.25) is 0 Å². The van der Waals surface area contributed by atoms with Gasteiger partial charge < -0.3 is 10.1 Å². The van der Waals surface area contributed by atoms with Crippen LogP contribution in [0.4, 0.5) is 0 Å². The fourth-order valence-corrected chi connectivity index (χ4v) is 2.65. The molecule has 0 spiro atoms. The highest BCUT2D eigenvalue weighted by Crippen LogP contribution is 2.23. The molecule has 0 aliphatic heterocycles. The average Bonchev–Trinajstić information content (AvgIpc) is 3.27. The number of benzene rings is 2. The van der Waals surface area contributed by atoms with Gasteiger partial charge in [0.05, 0.1) is 0 Å². The summed E-state index contributed by atoms with van der Waals surface area (Å²) < 4.78 is 6.05. The first kappa shape index (κ1) is 14.2. The van der Waals surface area contributed by atoms with E-state index in [1.807, 2.05) is 6.07 Å². The molecule has 0 radical (unpaired) electrons. The molecule has 110 valence electrons. The lowest BCUT2D eigenvalue weighted by atomic mass is 10.1. The minimum Gasteiger partial charge on any atom is -0.489 e. The summed E-state index contributed by atoms with van der Waals surface area (Å²) >= 11 is 0. The SMILES string of the molecule is Cc1cc(C)cc(COc2ccccc2CNC2CC2)c1. The molecule has 1 saturated carbocycles. The standard InChI is InChI=1S/C19H23NO/c1-14-9-15(2)11-16(10-14)13-21-19-6-4-3-5-17(19)12-20-18-7-8-18/h3-6,9-11,18,20H,7-8,12-13H2,1-2H3. The number of nitrogens with one attached hydrogen (secondary N) is 1. The molecule has 1 aliphatic rings. The van der Waals surface area contributed by atoms with Gasteiger partial charge in [0, 0.05) is 18.2 Å². The molecule has 2 aromatic carbocycles. The Morgan fingerprint density at radius 1 is 1.05 bits per heavy atom. The number of para-hydroxylation sites is 1. The normalized spacial score (nSPS) is 14.2. The van der Waals surface area contributed by atoms with E-state index in [9.17, 15) is 0 Å². The van der Waals surface area contributed by atoms with E-state index < -0.39 is 0 Å². The molecule has 0 heterocycles. The zero-order valence-corrected chi connectivity index (χ0v) is 12.9. The summed E-state index contributed by atoms with van der Waals surface area (Å²) in [6, 6.07) is 15.6. The van der Waals surface area contributed by atoms with Gasteiger partial charge in [-0.2, -0.15) is 0 Å². The second-order valence-electron chi connectivity index (χ2n) is 6.05. The smallest absolute Gasteiger partial charge is 0.124 e. The second kappa shape index (κ2) is 6.31. The van der Waals surface area contributed by atoms with Crippen molar-refractivity contribution in [3.63, 3.8) is 0 Å². The third-order valence-corrected chi connectivity index (χ3v) is 3.81. The van der Waals surface area contributed by atoms with Crippen LogP contribution in [0, 0.1) is 13.8 Å². The Morgan fingerprint density at radius 3 is 2.48 bits per heavy atom. The molecule has 0 saturated heterocycles. The van der Waals surface area contributed by atoms with Crippen LogP contribution < -0.4 is 10.1 Å². The highest BCUT2D eigenvalue weighted by molar-refractivity contribution is 5.34. The molecule has 0 amide bonds. The molecule has 21 heavy (non-hydrogen) atoms. The van der Waals surface area contributed by atoms with Crippen LogP contribution >= 0.6 is 0 Å². The van der Waals surface area contributed by atoms with Gasteiger partial charge in [-0.3, -0.25) is 0 Å². The van der Waals surface area contributed by atoms with E-state index in [0.29, 0.717) is 6.61 Å². The van der Waals surface area contributed by atoms with E-state index in [1.54, 1.807) is 0 Å². The molecular weight excluding hydrogens is 258 g/mol. The van der Waals surface area contributed by atoms with E-state index >= 15 is 0 Å².